The van der Waals surface area contributed by atoms with E-state index in [1.807, 2.05) is 0 Å². The number of ether oxygens (including phenoxy) is 1. The number of nitrogens with one attached hydrogen (secondary N) is 2. The van der Waals surface area contributed by atoms with Crippen LogP contribution in [0.15, 0.2) is 0 Å². The predicted molar refractivity (Wildman–Crippen MR) is 82.1 cm³/mol. The van der Waals surface area contributed by atoms with Crippen LogP contribution in [-0.2, 0) is 23.9 Å². The molecule has 7 nitrogen and oxygen atoms in total. The fraction of sp³-hybridized carbons (Fsp3) is 0.714. The fourth-order valence-corrected chi connectivity index (χ4v) is 3.02. The van der Waals surface area contributed by atoms with Crippen molar-refractivity contribution in [2.45, 2.75) is 38.6 Å². The van der Waals surface area contributed by atoms with Crippen molar-refractivity contribution in [3.05, 3.63) is 0 Å². The Morgan fingerprint density at radius 3 is 2.41 bits per heavy atom. The van der Waals surface area contributed by atoms with E-state index in [9.17, 15) is 19.2 Å². The maximum absolute atomic E-state index is 11.8. The number of rotatable bonds is 7. The van der Waals surface area contributed by atoms with Gasteiger partial charge in [-0.2, -0.15) is 0 Å². The van der Waals surface area contributed by atoms with Crippen LogP contribution in [0.1, 0.15) is 32.6 Å². The third-order valence-corrected chi connectivity index (χ3v) is 4.37. The average molecular weight is 330 g/mol. The summed E-state index contributed by atoms with van der Waals surface area (Å²) in [5.74, 6) is -0.981. The quantitative estimate of drug-likeness (QED) is 0.648. The molecular weight excluding hydrogens is 308 g/mol. The van der Waals surface area contributed by atoms with Crippen LogP contribution >= 0.6 is 11.8 Å². The van der Waals surface area contributed by atoms with Crippen LogP contribution in [-0.4, -0.2) is 48.3 Å². The van der Waals surface area contributed by atoms with Gasteiger partial charge < -0.3 is 15.4 Å². The maximum Gasteiger partial charge on any atom is 0.329 e. The number of methoxy groups -OCH3 is 1. The molecule has 8 heteroatoms. The van der Waals surface area contributed by atoms with Gasteiger partial charge in [-0.25, -0.2) is 4.79 Å². The summed E-state index contributed by atoms with van der Waals surface area (Å²) in [6, 6.07) is -0.873. The monoisotopic (exact) mass is 330 g/mol. The second kappa shape index (κ2) is 9.45. The maximum atomic E-state index is 11.8. The standard InChI is InChI=1S/C14H22N2O5S/c1-9(17)16-11(14(20)21-2)8-22-12(18)7-15-13(19)10-5-3-4-6-10/h10-11H,3-8H2,1-2H3,(H,15,19)(H,16,17). The Balaban J connectivity index is 2.31. The van der Waals surface area contributed by atoms with Crippen molar-refractivity contribution in [2.75, 3.05) is 19.4 Å². The lowest BCUT2D eigenvalue weighted by Gasteiger charge is -2.14. The van der Waals surface area contributed by atoms with Gasteiger partial charge in [-0.15, -0.1) is 0 Å². The summed E-state index contributed by atoms with van der Waals surface area (Å²) in [7, 11) is 1.21. The van der Waals surface area contributed by atoms with E-state index >= 15 is 0 Å². The highest BCUT2D eigenvalue weighted by atomic mass is 32.2. The van der Waals surface area contributed by atoms with E-state index in [1.54, 1.807) is 0 Å². The van der Waals surface area contributed by atoms with Crippen molar-refractivity contribution in [3.8, 4) is 0 Å². The smallest absolute Gasteiger partial charge is 0.329 e. The molecule has 0 radical (unpaired) electrons. The Morgan fingerprint density at radius 1 is 1.23 bits per heavy atom. The summed E-state index contributed by atoms with van der Waals surface area (Å²) in [6.45, 7) is 1.21. The van der Waals surface area contributed by atoms with Crippen molar-refractivity contribution in [2.24, 2.45) is 5.92 Å². The topological polar surface area (TPSA) is 102 Å². The molecule has 1 aliphatic rings. The predicted octanol–water partition coefficient (Wildman–Crippen LogP) is 0.230. The molecule has 1 rings (SSSR count). The van der Waals surface area contributed by atoms with Crippen LogP contribution in [0.3, 0.4) is 0 Å². The van der Waals surface area contributed by atoms with E-state index in [4.69, 9.17) is 0 Å². The van der Waals surface area contributed by atoms with Gasteiger partial charge in [0.05, 0.1) is 13.7 Å². The molecule has 0 saturated heterocycles. The highest BCUT2D eigenvalue weighted by molar-refractivity contribution is 8.13. The Morgan fingerprint density at radius 2 is 1.86 bits per heavy atom. The largest absolute Gasteiger partial charge is 0.467 e. The van der Waals surface area contributed by atoms with Crippen molar-refractivity contribution in [1.82, 2.24) is 10.6 Å². The molecule has 0 bridgehead atoms. The van der Waals surface area contributed by atoms with Gasteiger partial charge in [-0.05, 0) is 12.8 Å². The number of hydrogen-bond donors (Lipinski definition) is 2. The minimum Gasteiger partial charge on any atom is -0.467 e. The summed E-state index contributed by atoms with van der Waals surface area (Å²) in [6.07, 6.45) is 3.86. The third kappa shape index (κ3) is 6.46. The van der Waals surface area contributed by atoms with Gasteiger partial charge in [0.2, 0.25) is 16.9 Å². The molecule has 0 aromatic carbocycles. The van der Waals surface area contributed by atoms with Gasteiger partial charge in [0, 0.05) is 18.6 Å². The van der Waals surface area contributed by atoms with Crippen molar-refractivity contribution >= 4 is 34.7 Å². The van der Waals surface area contributed by atoms with Gasteiger partial charge >= 0.3 is 5.97 Å². The van der Waals surface area contributed by atoms with Gasteiger partial charge in [-0.3, -0.25) is 14.4 Å². The number of amides is 2. The average Bonchev–Trinajstić information content (AvgIpc) is 3.02. The molecule has 0 aromatic rings. The Hall–Kier alpha value is -1.57. The van der Waals surface area contributed by atoms with Crippen molar-refractivity contribution < 1.29 is 23.9 Å². The van der Waals surface area contributed by atoms with E-state index in [-0.39, 0.29) is 35.1 Å². The molecular formula is C14H22N2O5S. The first-order valence-electron chi connectivity index (χ1n) is 7.22. The SMILES string of the molecule is COC(=O)C(CSC(=O)CNC(=O)C1CCCC1)NC(C)=O. The summed E-state index contributed by atoms with van der Waals surface area (Å²) >= 11 is 0.886. The van der Waals surface area contributed by atoms with E-state index in [1.165, 1.54) is 14.0 Å². The minimum absolute atomic E-state index is 0.0139. The highest BCUT2D eigenvalue weighted by Gasteiger charge is 2.24. The van der Waals surface area contributed by atoms with Crippen molar-refractivity contribution in [1.29, 1.82) is 0 Å². The Kier molecular flexibility index (Phi) is 7.94. The van der Waals surface area contributed by atoms with Crippen molar-refractivity contribution in [3.63, 3.8) is 0 Å². The summed E-state index contributed by atoms with van der Waals surface area (Å²) in [5.41, 5.74) is 0. The molecule has 22 heavy (non-hydrogen) atoms. The fourth-order valence-electron chi connectivity index (χ4n) is 2.28. The number of carbonyl (C=O) groups excluding carboxylic acids is 4. The third-order valence-electron chi connectivity index (χ3n) is 3.41. The van der Waals surface area contributed by atoms with E-state index in [0.717, 1.165) is 37.4 Å². The van der Waals surface area contributed by atoms with E-state index in [2.05, 4.69) is 15.4 Å². The zero-order valence-electron chi connectivity index (χ0n) is 12.8. The second-order valence-electron chi connectivity index (χ2n) is 5.16. The molecule has 1 saturated carbocycles. The minimum atomic E-state index is -0.873. The number of thioether (sulfide) groups is 1. The summed E-state index contributed by atoms with van der Waals surface area (Å²) in [5, 5.41) is 4.78. The first-order chi connectivity index (χ1) is 10.4. The molecule has 2 N–H and O–H groups in total. The van der Waals surface area contributed by atoms with Crippen LogP contribution in [0.25, 0.3) is 0 Å². The van der Waals surface area contributed by atoms with E-state index < -0.39 is 12.0 Å². The summed E-state index contributed by atoms with van der Waals surface area (Å²) < 4.78 is 4.56. The van der Waals surface area contributed by atoms with Crippen LogP contribution in [0.4, 0.5) is 0 Å². The van der Waals surface area contributed by atoms with Gasteiger partial charge in [0.15, 0.2) is 0 Å². The van der Waals surface area contributed by atoms with Crippen LogP contribution in [0.2, 0.25) is 0 Å². The first-order valence-corrected chi connectivity index (χ1v) is 8.21. The number of esters is 1. The van der Waals surface area contributed by atoms with Crippen LogP contribution in [0.5, 0.6) is 0 Å². The first kappa shape index (κ1) is 18.5. The molecule has 0 spiro atoms. The molecule has 0 aromatic heterocycles. The van der Waals surface area contributed by atoms with Crippen LogP contribution < -0.4 is 10.6 Å². The molecule has 0 aliphatic heterocycles. The highest BCUT2D eigenvalue weighted by Crippen LogP contribution is 2.24. The Bertz CT molecular complexity index is 435. The molecule has 2 amide bonds. The number of hydrogen-bond acceptors (Lipinski definition) is 6. The second-order valence-corrected chi connectivity index (χ2v) is 6.24. The normalized spacial score (nSPS) is 15.9. The molecule has 1 unspecified atom stereocenters. The molecule has 124 valence electrons. The lowest BCUT2D eigenvalue weighted by atomic mass is 10.1. The molecule has 1 atom stereocenters. The van der Waals surface area contributed by atoms with Crippen LogP contribution in [0, 0.1) is 5.92 Å². The zero-order valence-corrected chi connectivity index (χ0v) is 13.7. The molecule has 1 aliphatic carbocycles. The van der Waals surface area contributed by atoms with Gasteiger partial charge in [0.1, 0.15) is 6.04 Å². The zero-order chi connectivity index (χ0) is 16.5. The summed E-state index contributed by atoms with van der Waals surface area (Å²) in [4.78, 5) is 46.0. The van der Waals surface area contributed by atoms with E-state index in [0.29, 0.717) is 0 Å². The van der Waals surface area contributed by atoms with Gasteiger partial charge in [-0.1, -0.05) is 24.6 Å². The lowest BCUT2D eigenvalue weighted by Crippen LogP contribution is -2.42. The lowest BCUT2D eigenvalue weighted by molar-refractivity contribution is -0.144. The van der Waals surface area contributed by atoms with Gasteiger partial charge in [0.25, 0.3) is 0 Å². The molecule has 1 fully saturated rings. The Labute approximate surface area is 133 Å². The number of carbonyl (C=O) groups is 4. The molecule has 0 heterocycles.